The van der Waals surface area contributed by atoms with Crippen LogP contribution in [0, 0.1) is 5.92 Å². The number of benzene rings is 1. The van der Waals surface area contributed by atoms with E-state index in [0.717, 1.165) is 16.8 Å². The van der Waals surface area contributed by atoms with Gasteiger partial charge in [-0.05, 0) is 29.5 Å². The van der Waals surface area contributed by atoms with Crippen LogP contribution in [0.3, 0.4) is 0 Å². The molecule has 1 aliphatic rings. The average molecular weight is 353 g/mol. The van der Waals surface area contributed by atoms with Crippen LogP contribution in [0.2, 0.25) is 0 Å². The zero-order valence-corrected chi connectivity index (χ0v) is 14.0. The standard InChI is InChI=1S/C17H15N5O2S/c23-14(21-17-12(5-6-25-17)15-18-9-19-22-15)8-11-7-10-3-1-2-4-13(10)20-16(11)24/h1-6,9,11H,7-8H2,(H,20,24)(H,21,23)(H,18,19,22). The fourth-order valence-electron chi connectivity index (χ4n) is 2.91. The van der Waals surface area contributed by atoms with Crippen molar-refractivity contribution in [2.75, 3.05) is 10.6 Å². The van der Waals surface area contributed by atoms with Crippen LogP contribution in [-0.2, 0) is 16.0 Å². The van der Waals surface area contributed by atoms with E-state index in [1.54, 1.807) is 0 Å². The monoisotopic (exact) mass is 353 g/mol. The van der Waals surface area contributed by atoms with Crippen LogP contribution in [-0.4, -0.2) is 27.0 Å². The van der Waals surface area contributed by atoms with Gasteiger partial charge in [0.05, 0.1) is 11.5 Å². The molecule has 1 aliphatic heterocycles. The number of carbonyl (C=O) groups excluding carboxylic acids is 2. The third-order valence-corrected chi connectivity index (χ3v) is 4.96. The van der Waals surface area contributed by atoms with Gasteiger partial charge in [-0.15, -0.1) is 11.3 Å². The molecule has 1 atom stereocenters. The van der Waals surface area contributed by atoms with Crippen LogP contribution in [0.25, 0.3) is 11.4 Å². The van der Waals surface area contributed by atoms with Gasteiger partial charge in [0.2, 0.25) is 11.8 Å². The van der Waals surface area contributed by atoms with Gasteiger partial charge in [-0.25, -0.2) is 4.98 Å². The highest BCUT2D eigenvalue weighted by Crippen LogP contribution is 2.32. The molecule has 0 aliphatic carbocycles. The van der Waals surface area contributed by atoms with Crippen LogP contribution in [0.15, 0.2) is 42.0 Å². The summed E-state index contributed by atoms with van der Waals surface area (Å²) in [7, 11) is 0. The van der Waals surface area contributed by atoms with Gasteiger partial charge >= 0.3 is 0 Å². The number of anilines is 2. The molecular formula is C17H15N5O2S. The molecule has 0 radical (unpaired) electrons. The summed E-state index contributed by atoms with van der Waals surface area (Å²) in [5.41, 5.74) is 2.67. The summed E-state index contributed by atoms with van der Waals surface area (Å²) in [6.07, 6.45) is 2.12. The molecule has 7 nitrogen and oxygen atoms in total. The molecule has 0 spiro atoms. The molecule has 126 valence electrons. The van der Waals surface area contributed by atoms with Crippen molar-refractivity contribution < 1.29 is 9.59 Å². The van der Waals surface area contributed by atoms with E-state index >= 15 is 0 Å². The Balaban J connectivity index is 1.45. The molecule has 3 heterocycles. The highest BCUT2D eigenvalue weighted by atomic mass is 32.1. The van der Waals surface area contributed by atoms with Crippen molar-refractivity contribution in [3.8, 4) is 11.4 Å². The molecule has 2 aromatic heterocycles. The fourth-order valence-corrected chi connectivity index (χ4v) is 3.71. The Kier molecular flexibility index (Phi) is 4.02. The predicted octanol–water partition coefficient (Wildman–Crippen LogP) is 2.67. The highest BCUT2D eigenvalue weighted by Gasteiger charge is 2.28. The Morgan fingerprint density at radius 3 is 3.04 bits per heavy atom. The second-order valence-corrected chi connectivity index (χ2v) is 6.71. The summed E-state index contributed by atoms with van der Waals surface area (Å²) in [6.45, 7) is 0. The Morgan fingerprint density at radius 2 is 2.20 bits per heavy atom. The summed E-state index contributed by atoms with van der Waals surface area (Å²) in [5.74, 6) is -0.0808. The molecular weight excluding hydrogens is 338 g/mol. The number of H-pyrrole nitrogens is 1. The number of carbonyl (C=O) groups is 2. The van der Waals surface area contributed by atoms with Gasteiger partial charge in [0, 0.05) is 12.1 Å². The second kappa shape index (κ2) is 6.48. The third-order valence-electron chi connectivity index (χ3n) is 4.13. The first-order valence-corrected chi connectivity index (χ1v) is 8.70. The smallest absolute Gasteiger partial charge is 0.228 e. The minimum atomic E-state index is -0.372. The zero-order valence-electron chi connectivity index (χ0n) is 13.2. The minimum absolute atomic E-state index is 0.115. The van der Waals surface area contributed by atoms with E-state index in [0.29, 0.717) is 17.2 Å². The summed E-state index contributed by atoms with van der Waals surface area (Å²) in [6, 6.07) is 9.53. The summed E-state index contributed by atoms with van der Waals surface area (Å²) < 4.78 is 0. The topological polar surface area (TPSA) is 99.8 Å². The van der Waals surface area contributed by atoms with Crippen molar-refractivity contribution in [1.29, 1.82) is 0 Å². The molecule has 0 bridgehead atoms. The van der Waals surface area contributed by atoms with Gasteiger partial charge in [0.15, 0.2) is 5.82 Å². The van der Waals surface area contributed by atoms with Gasteiger partial charge < -0.3 is 10.6 Å². The molecule has 2 amide bonds. The molecule has 1 unspecified atom stereocenters. The number of nitrogens with one attached hydrogen (secondary N) is 3. The van der Waals surface area contributed by atoms with Crippen LogP contribution in [0.5, 0.6) is 0 Å². The summed E-state index contributed by atoms with van der Waals surface area (Å²) >= 11 is 1.41. The van der Waals surface area contributed by atoms with Crippen molar-refractivity contribution in [3.05, 3.63) is 47.6 Å². The van der Waals surface area contributed by atoms with Gasteiger partial charge in [-0.1, -0.05) is 18.2 Å². The highest BCUT2D eigenvalue weighted by molar-refractivity contribution is 7.15. The van der Waals surface area contributed by atoms with E-state index in [2.05, 4.69) is 25.8 Å². The van der Waals surface area contributed by atoms with E-state index in [4.69, 9.17) is 0 Å². The quantitative estimate of drug-likeness (QED) is 0.671. The van der Waals surface area contributed by atoms with E-state index < -0.39 is 0 Å². The van der Waals surface area contributed by atoms with Gasteiger partial charge in [0.25, 0.3) is 0 Å². The van der Waals surface area contributed by atoms with Crippen LogP contribution >= 0.6 is 11.3 Å². The molecule has 25 heavy (non-hydrogen) atoms. The van der Waals surface area contributed by atoms with Gasteiger partial charge in [0.1, 0.15) is 11.3 Å². The molecule has 0 saturated carbocycles. The number of aromatic nitrogens is 3. The number of aromatic amines is 1. The molecule has 3 N–H and O–H groups in total. The number of amides is 2. The normalized spacial score (nSPS) is 16.2. The van der Waals surface area contributed by atoms with E-state index in [-0.39, 0.29) is 24.2 Å². The SMILES string of the molecule is O=C(CC1Cc2ccccc2NC1=O)Nc1sccc1-c1ncn[nH]1. The average Bonchev–Trinajstić information content (AvgIpc) is 3.26. The maximum absolute atomic E-state index is 12.4. The van der Waals surface area contributed by atoms with Crippen molar-refractivity contribution in [2.45, 2.75) is 12.8 Å². The lowest BCUT2D eigenvalue weighted by Gasteiger charge is -2.24. The van der Waals surface area contributed by atoms with Crippen LogP contribution in [0.1, 0.15) is 12.0 Å². The Hall–Kier alpha value is -3.00. The zero-order chi connectivity index (χ0) is 17.2. The number of nitrogens with zero attached hydrogens (tertiary/aromatic N) is 2. The van der Waals surface area contributed by atoms with Crippen LogP contribution in [0.4, 0.5) is 10.7 Å². The van der Waals surface area contributed by atoms with E-state index in [1.807, 2.05) is 35.7 Å². The lowest BCUT2D eigenvalue weighted by molar-refractivity contribution is -0.125. The first-order valence-electron chi connectivity index (χ1n) is 7.82. The Labute approximate surface area is 147 Å². The van der Waals surface area contributed by atoms with Crippen molar-refractivity contribution in [2.24, 2.45) is 5.92 Å². The molecule has 1 aromatic carbocycles. The summed E-state index contributed by atoms with van der Waals surface area (Å²) in [4.78, 5) is 28.8. The Morgan fingerprint density at radius 1 is 1.32 bits per heavy atom. The van der Waals surface area contributed by atoms with Gasteiger partial charge in [-0.3, -0.25) is 14.7 Å². The van der Waals surface area contributed by atoms with Crippen molar-refractivity contribution in [3.63, 3.8) is 0 Å². The van der Waals surface area contributed by atoms with Crippen molar-refractivity contribution >= 4 is 33.8 Å². The number of hydrogen-bond donors (Lipinski definition) is 3. The molecule has 8 heteroatoms. The summed E-state index contributed by atoms with van der Waals surface area (Å²) in [5, 5.41) is 14.9. The van der Waals surface area contributed by atoms with E-state index in [9.17, 15) is 9.59 Å². The lowest BCUT2D eigenvalue weighted by atomic mass is 9.90. The molecule has 0 saturated heterocycles. The largest absolute Gasteiger partial charge is 0.326 e. The number of fused-ring (bicyclic) bond motifs is 1. The molecule has 4 rings (SSSR count). The van der Waals surface area contributed by atoms with Crippen LogP contribution < -0.4 is 10.6 Å². The number of para-hydroxylation sites is 1. The van der Waals surface area contributed by atoms with Gasteiger partial charge in [-0.2, -0.15) is 5.10 Å². The lowest BCUT2D eigenvalue weighted by Crippen LogP contribution is -2.32. The molecule has 0 fully saturated rings. The molecule has 3 aromatic rings. The maximum Gasteiger partial charge on any atom is 0.228 e. The Bertz CT molecular complexity index is 919. The first-order chi connectivity index (χ1) is 12.2. The first kappa shape index (κ1) is 15.5. The third kappa shape index (κ3) is 3.16. The number of thiophene rings is 1. The maximum atomic E-state index is 12.4. The predicted molar refractivity (Wildman–Crippen MR) is 95.2 cm³/mol. The second-order valence-electron chi connectivity index (χ2n) is 5.80. The fraction of sp³-hybridized carbons (Fsp3) is 0.176. The van der Waals surface area contributed by atoms with Crippen molar-refractivity contribution in [1.82, 2.24) is 15.2 Å². The number of hydrogen-bond acceptors (Lipinski definition) is 5. The van der Waals surface area contributed by atoms with E-state index in [1.165, 1.54) is 17.7 Å². The number of rotatable bonds is 4. The minimum Gasteiger partial charge on any atom is -0.326 e.